The minimum Gasteiger partial charge on any atom is -0.376 e. The van der Waals surface area contributed by atoms with Gasteiger partial charge in [-0.2, -0.15) is 0 Å². The topological polar surface area (TPSA) is 81.5 Å². The zero-order valence-corrected chi connectivity index (χ0v) is 13.5. The first kappa shape index (κ1) is 16.8. The summed E-state index contributed by atoms with van der Waals surface area (Å²) >= 11 is 1.38. The van der Waals surface area contributed by atoms with Gasteiger partial charge in [0.05, 0.1) is 22.3 Å². The molecule has 0 saturated carbocycles. The Morgan fingerprint density at radius 2 is 2.09 bits per heavy atom. The molecule has 1 amide bonds. The maximum atomic E-state index is 12.2. The van der Waals surface area contributed by atoms with Crippen LogP contribution >= 0.6 is 11.8 Å². The van der Waals surface area contributed by atoms with Crippen molar-refractivity contribution in [1.82, 2.24) is 5.32 Å². The molecule has 1 aliphatic heterocycles. The molecule has 1 N–H and O–H groups in total. The molecule has 1 aromatic carbocycles. The summed E-state index contributed by atoms with van der Waals surface area (Å²) in [5.74, 6) is -0.0497. The normalized spacial score (nSPS) is 20.4. The van der Waals surface area contributed by atoms with Crippen LogP contribution in [0.2, 0.25) is 0 Å². The maximum Gasteiger partial charge on any atom is 0.269 e. The molecule has 2 rings (SSSR count). The number of nitro benzene ring substituents is 1. The molecule has 1 fully saturated rings. The van der Waals surface area contributed by atoms with E-state index in [1.807, 2.05) is 13.8 Å². The number of hydrogen-bond acceptors (Lipinski definition) is 5. The van der Waals surface area contributed by atoms with E-state index in [2.05, 4.69) is 5.32 Å². The molecular weight excluding hydrogens is 304 g/mol. The quantitative estimate of drug-likeness (QED) is 0.494. The summed E-state index contributed by atoms with van der Waals surface area (Å²) in [6.07, 6.45) is 2.11. The van der Waals surface area contributed by atoms with E-state index >= 15 is 0 Å². The fraction of sp³-hybridized carbons (Fsp3) is 0.533. The third-order valence-corrected chi connectivity index (χ3v) is 4.73. The standard InChI is InChI=1S/C15H20N2O4S/c1-10(14-4-3-9-21-14)16-15(18)11(2)22-13-7-5-12(6-8-13)17(19)20/h5-8,10-11,14H,3-4,9H2,1-2H3,(H,16,18). The second-order valence-electron chi connectivity index (χ2n) is 5.36. The maximum absolute atomic E-state index is 12.2. The van der Waals surface area contributed by atoms with E-state index in [-0.39, 0.29) is 29.0 Å². The summed E-state index contributed by atoms with van der Waals surface area (Å²) in [5.41, 5.74) is 0.0495. The molecule has 1 aromatic rings. The average molecular weight is 324 g/mol. The minimum absolute atomic E-state index is 0.00471. The van der Waals surface area contributed by atoms with E-state index in [1.54, 1.807) is 12.1 Å². The van der Waals surface area contributed by atoms with Gasteiger partial charge >= 0.3 is 0 Å². The molecule has 0 aliphatic carbocycles. The predicted octanol–water partition coefficient (Wildman–Crippen LogP) is 2.76. The average Bonchev–Trinajstić information content (AvgIpc) is 3.02. The van der Waals surface area contributed by atoms with Gasteiger partial charge in [0.2, 0.25) is 5.91 Å². The molecule has 3 unspecified atom stereocenters. The van der Waals surface area contributed by atoms with Gasteiger partial charge in [0.1, 0.15) is 0 Å². The van der Waals surface area contributed by atoms with Gasteiger partial charge in [-0.3, -0.25) is 14.9 Å². The molecule has 1 saturated heterocycles. The van der Waals surface area contributed by atoms with Crippen molar-refractivity contribution in [3.63, 3.8) is 0 Å². The number of carbonyl (C=O) groups excluding carboxylic acids is 1. The van der Waals surface area contributed by atoms with Gasteiger partial charge in [0.25, 0.3) is 5.69 Å². The molecule has 0 aromatic heterocycles. The van der Waals surface area contributed by atoms with Gasteiger partial charge in [-0.25, -0.2) is 0 Å². The van der Waals surface area contributed by atoms with E-state index in [4.69, 9.17) is 4.74 Å². The summed E-state index contributed by atoms with van der Waals surface area (Å²) in [7, 11) is 0. The Balaban J connectivity index is 1.86. The zero-order chi connectivity index (χ0) is 16.1. The number of amides is 1. The van der Waals surface area contributed by atoms with Gasteiger partial charge < -0.3 is 10.1 Å². The van der Waals surface area contributed by atoms with E-state index in [0.29, 0.717) is 0 Å². The number of nitro groups is 1. The van der Waals surface area contributed by atoms with Crippen molar-refractivity contribution in [3.05, 3.63) is 34.4 Å². The molecule has 0 spiro atoms. The lowest BCUT2D eigenvalue weighted by molar-refractivity contribution is -0.384. The third kappa shape index (κ3) is 4.45. The second-order valence-corrected chi connectivity index (χ2v) is 6.77. The molecule has 7 heteroatoms. The number of nitrogens with zero attached hydrogens (tertiary/aromatic N) is 1. The Morgan fingerprint density at radius 3 is 2.64 bits per heavy atom. The van der Waals surface area contributed by atoms with Crippen LogP contribution < -0.4 is 5.32 Å². The summed E-state index contributed by atoms with van der Waals surface area (Å²) in [5, 5.41) is 13.3. The highest BCUT2D eigenvalue weighted by Gasteiger charge is 2.25. The van der Waals surface area contributed by atoms with Crippen molar-refractivity contribution in [2.24, 2.45) is 0 Å². The number of thioether (sulfide) groups is 1. The lowest BCUT2D eigenvalue weighted by Crippen LogP contribution is -2.43. The number of benzene rings is 1. The third-order valence-electron chi connectivity index (χ3n) is 3.62. The Morgan fingerprint density at radius 1 is 1.41 bits per heavy atom. The van der Waals surface area contributed by atoms with Crippen LogP contribution in [0.3, 0.4) is 0 Å². The first-order chi connectivity index (χ1) is 10.5. The summed E-state index contributed by atoms with van der Waals surface area (Å²) < 4.78 is 5.56. The number of rotatable bonds is 6. The van der Waals surface area contributed by atoms with Crippen molar-refractivity contribution in [3.8, 4) is 0 Å². The predicted molar refractivity (Wildman–Crippen MR) is 85.0 cm³/mol. The summed E-state index contributed by atoms with van der Waals surface area (Å²) in [6, 6.07) is 6.21. The van der Waals surface area contributed by atoms with E-state index in [9.17, 15) is 14.9 Å². The molecule has 22 heavy (non-hydrogen) atoms. The van der Waals surface area contributed by atoms with Crippen LogP contribution in [-0.4, -0.2) is 34.8 Å². The van der Waals surface area contributed by atoms with Crippen molar-refractivity contribution in [1.29, 1.82) is 0 Å². The first-order valence-electron chi connectivity index (χ1n) is 7.30. The van der Waals surface area contributed by atoms with E-state index in [1.165, 1.54) is 23.9 Å². The largest absolute Gasteiger partial charge is 0.376 e. The molecule has 1 aliphatic rings. The smallest absolute Gasteiger partial charge is 0.269 e. The highest BCUT2D eigenvalue weighted by Crippen LogP contribution is 2.25. The fourth-order valence-electron chi connectivity index (χ4n) is 2.34. The number of nitrogens with one attached hydrogen (secondary N) is 1. The molecule has 0 bridgehead atoms. The Bertz CT molecular complexity index is 529. The SMILES string of the molecule is CC(Sc1ccc([N+](=O)[O-])cc1)C(=O)NC(C)C1CCCO1. The van der Waals surface area contributed by atoms with Crippen molar-refractivity contribution in [2.45, 2.75) is 49.0 Å². The van der Waals surface area contributed by atoms with Crippen molar-refractivity contribution in [2.75, 3.05) is 6.61 Å². The number of hydrogen-bond donors (Lipinski definition) is 1. The number of non-ortho nitro benzene ring substituents is 1. The van der Waals surface area contributed by atoms with Crippen LogP contribution in [0.5, 0.6) is 0 Å². The van der Waals surface area contributed by atoms with Crippen LogP contribution in [0.4, 0.5) is 5.69 Å². The first-order valence-corrected chi connectivity index (χ1v) is 8.18. The minimum atomic E-state index is -0.437. The Labute approximate surface area is 133 Å². The highest BCUT2D eigenvalue weighted by atomic mass is 32.2. The van der Waals surface area contributed by atoms with Gasteiger partial charge in [-0.1, -0.05) is 0 Å². The molecule has 3 atom stereocenters. The van der Waals surface area contributed by atoms with E-state index in [0.717, 1.165) is 24.3 Å². The lowest BCUT2D eigenvalue weighted by Gasteiger charge is -2.22. The van der Waals surface area contributed by atoms with E-state index < -0.39 is 4.92 Å². The summed E-state index contributed by atoms with van der Waals surface area (Å²) in [6.45, 7) is 4.54. The Hall–Kier alpha value is -1.60. The summed E-state index contributed by atoms with van der Waals surface area (Å²) in [4.78, 5) is 23.2. The number of carbonyl (C=O) groups is 1. The van der Waals surface area contributed by atoms with Gasteiger partial charge in [-0.05, 0) is 38.8 Å². The van der Waals surface area contributed by atoms with Gasteiger partial charge in [-0.15, -0.1) is 11.8 Å². The lowest BCUT2D eigenvalue weighted by atomic mass is 10.1. The number of ether oxygens (including phenoxy) is 1. The van der Waals surface area contributed by atoms with Crippen molar-refractivity contribution < 1.29 is 14.5 Å². The van der Waals surface area contributed by atoms with Crippen LogP contribution in [-0.2, 0) is 9.53 Å². The molecular formula is C15H20N2O4S. The van der Waals surface area contributed by atoms with Gasteiger partial charge in [0.15, 0.2) is 0 Å². The Kier molecular flexibility index (Phi) is 5.79. The van der Waals surface area contributed by atoms with Crippen molar-refractivity contribution >= 4 is 23.4 Å². The molecule has 6 nitrogen and oxygen atoms in total. The van der Waals surface area contributed by atoms with Crippen LogP contribution in [0.25, 0.3) is 0 Å². The van der Waals surface area contributed by atoms with Crippen LogP contribution in [0.15, 0.2) is 29.2 Å². The van der Waals surface area contributed by atoms with Crippen LogP contribution in [0.1, 0.15) is 26.7 Å². The highest BCUT2D eigenvalue weighted by molar-refractivity contribution is 8.00. The molecule has 0 radical (unpaired) electrons. The molecule has 1 heterocycles. The fourth-order valence-corrected chi connectivity index (χ4v) is 3.21. The second kappa shape index (κ2) is 7.60. The van der Waals surface area contributed by atoms with Gasteiger partial charge in [0, 0.05) is 23.6 Å². The monoisotopic (exact) mass is 324 g/mol. The molecule has 120 valence electrons. The zero-order valence-electron chi connectivity index (χ0n) is 12.7. The van der Waals surface area contributed by atoms with Crippen LogP contribution in [0, 0.1) is 10.1 Å².